The first kappa shape index (κ1) is 13.8. The molecule has 1 saturated carbocycles. The number of thiocarbonyl (C=S) groups is 1. The number of carbonyl (C=O) groups excluding carboxylic acids is 1. The topological polar surface area (TPSA) is 32.3 Å². The molecular weight excluding hydrogens is 244 g/mol. The van der Waals surface area contributed by atoms with Crippen LogP contribution in [-0.2, 0) is 4.79 Å². The van der Waals surface area contributed by atoms with E-state index in [1.165, 1.54) is 44.9 Å². The van der Waals surface area contributed by atoms with Crippen molar-refractivity contribution >= 4 is 23.2 Å². The van der Waals surface area contributed by atoms with Gasteiger partial charge in [0.2, 0.25) is 5.91 Å². The minimum atomic E-state index is 0.109. The molecule has 0 aromatic heterocycles. The molecule has 4 heteroatoms. The zero-order valence-corrected chi connectivity index (χ0v) is 11.9. The van der Waals surface area contributed by atoms with Gasteiger partial charge in [-0.05, 0) is 43.8 Å². The number of nitrogens with zero attached hydrogens (tertiary/aromatic N) is 1. The molecule has 1 N–H and O–H groups in total. The molecule has 2 fully saturated rings. The smallest absolute Gasteiger partial charge is 0.226 e. The summed E-state index contributed by atoms with van der Waals surface area (Å²) in [5.74, 6) is 0.886. The van der Waals surface area contributed by atoms with Crippen molar-refractivity contribution in [3.63, 3.8) is 0 Å². The molecule has 3 nitrogen and oxygen atoms in total. The maximum atomic E-state index is 11.8. The van der Waals surface area contributed by atoms with Crippen LogP contribution in [0.5, 0.6) is 0 Å². The quantitative estimate of drug-likeness (QED) is 0.799. The Hall–Kier alpha value is -0.640. The lowest BCUT2D eigenvalue weighted by molar-refractivity contribution is -0.120. The highest BCUT2D eigenvalue weighted by atomic mass is 32.1. The van der Waals surface area contributed by atoms with E-state index in [2.05, 4.69) is 10.2 Å². The van der Waals surface area contributed by atoms with Crippen molar-refractivity contribution in [2.45, 2.75) is 57.8 Å². The molecule has 1 heterocycles. The number of hydrogen-bond acceptors (Lipinski definition) is 2. The third kappa shape index (κ3) is 4.23. The van der Waals surface area contributed by atoms with E-state index in [0.29, 0.717) is 11.5 Å². The Morgan fingerprint density at radius 3 is 2.44 bits per heavy atom. The van der Waals surface area contributed by atoms with E-state index in [-0.39, 0.29) is 5.91 Å². The lowest BCUT2D eigenvalue weighted by Gasteiger charge is -2.28. The number of rotatable bonds is 3. The van der Waals surface area contributed by atoms with Crippen molar-refractivity contribution in [3.8, 4) is 0 Å². The SMILES string of the molecule is O=C(CCC1CCCC1)NC(=S)N1CCCCC1. The summed E-state index contributed by atoms with van der Waals surface area (Å²) < 4.78 is 0. The average Bonchev–Trinajstić information content (AvgIpc) is 2.90. The van der Waals surface area contributed by atoms with E-state index in [4.69, 9.17) is 12.2 Å². The van der Waals surface area contributed by atoms with Crippen LogP contribution >= 0.6 is 12.2 Å². The summed E-state index contributed by atoms with van der Waals surface area (Å²) >= 11 is 5.29. The first-order valence-corrected chi connectivity index (χ1v) is 7.75. The first-order valence-electron chi connectivity index (χ1n) is 7.34. The Kier molecular flexibility index (Phi) is 5.42. The van der Waals surface area contributed by atoms with Crippen molar-refractivity contribution in [1.29, 1.82) is 0 Å². The summed E-state index contributed by atoms with van der Waals surface area (Å²) in [6, 6.07) is 0. The van der Waals surface area contributed by atoms with Crippen molar-refractivity contribution in [3.05, 3.63) is 0 Å². The van der Waals surface area contributed by atoms with E-state index < -0.39 is 0 Å². The van der Waals surface area contributed by atoms with E-state index in [1.54, 1.807) is 0 Å². The fourth-order valence-corrected chi connectivity index (χ4v) is 3.29. The van der Waals surface area contributed by atoms with Crippen molar-refractivity contribution in [2.75, 3.05) is 13.1 Å². The van der Waals surface area contributed by atoms with Gasteiger partial charge in [0.1, 0.15) is 0 Å². The fraction of sp³-hybridized carbons (Fsp3) is 0.857. The number of likely N-dealkylation sites (tertiary alicyclic amines) is 1. The predicted octanol–water partition coefficient (Wildman–Crippen LogP) is 2.84. The molecule has 1 aliphatic carbocycles. The highest BCUT2D eigenvalue weighted by molar-refractivity contribution is 7.80. The van der Waals surface area contributed by atoms with E-state index in [1.807, 2.05) is 0 Å². The minimum Gasteiger partial charge on any atom is -0.349 e. The monoisotopic (exact) mass is 268 g/mol. The highest BCUT2D eigenvalue weighted by Gasteiger charge is 2.18. The second-order valence-corrected chi connectivity index (χ2v) is 5.98. The van der Waals surface area contributed by atoms with Gasteiger partial charge in [0.25, 0.3) is 0 Å². The van der Waals surface area contributed by atoms with Crippen LogP contribution in [0.25, 0.3) is 0 Å². The standard InChI is InChI=1S/C14H24N2OS/c17-13(9-8-12-6-2-3-7-12)15-14(18)16-10-4-1-5-11-16/h12H,1-11H2,(H,15,17,18). The fourth-order valence-electron chi connectivity index (χ4n) is 2.99. The molecule has 0 spiro atoms. The van der Waals surface area contributed by atoms with Crippen LogP contribution in [-0.4, -0.2) is 29.0 Å². The molecule has 2 aliphatic rings. The number of amides is 1. The minimum absolute atomic E-state index is 0.109. The van der Waals surface area contributed by atoms with Crippen LogP contribution in [0.3, 0.4) is 0 Å². The van der Waals surface area contributed by atoms with Gasteiger partial charge in [0, 0.05) is 19.5 Å². The average molecular weight is 268 g/mol. The summed E-state index contributed by atoms with van der Waals surface area (Å²) in [5.41, 5.74) is 0. The van der Waals surface area contributed by atoms with Gasteiger partial charge in [0.05, 0.1) is 0 Å². The number of hydrogen-bond donors (Lipinski definition) is 1. The lowest BCUT2D eigenvalue weighted by atomic mass is 10.0. The van der Waals surface area contributed by atoms with Gasteiger partial charge in [-0.1, -0.05) is 25.7 Å². The normalized spacial score (nSPS) is 21.0. The zero-order valence-electron chi connectivity index (χ0n) is 11.1. The van der Waals surface area contributed by atoms with E-state index in [9.17, 15) is 4.79 Å². The molecule has 102 valence electrons. The van der Waals surface area contributed by atoms with Gasteiger partial charge in [-0.3, -0.25) is 4.79 Å². The Morgan fingerprint density at radius 1 is 1.11 bits per heavy atom. The Morgan fingerprint density at radius 2 is 1.78 bits per heavy atom. The van der Waals surface area contributed by atoms with Gasteiger partial charge in [-0.25, -0.2) is 0 Å². The second-order valence-electron chi connectivity index (χ2n) is 5.59. The molecule has 1 aliphatic heterocycles. The maximum absolute atomic E-state index is 11.8. The first-order chi connectivity index (χ1) is 8.75. The predicted molar refractivity (Wildman–Crippen MR) is 77.4 cm³/mol. The van der Waals surface area contributed by atoms with Crippen LogP contribution in [0, 0.1) is 5.92 Å². The van der Waals surface area contributed by atoms with Crippen LogP contribution in [0.15, 0.2) is 0 Å². The van der Waals surface area contributed by atoms with Gasteiger partial charge in [0.15, 0.2) is 5.11 Å². The van der Waals surface area contributed by atoms with Gasteiger partial charge in [-0.15, -0.1) is 0 Å². The maximum Gasteiger partial charge on any atom is 0.226 e. The number of piperidine rings is 1. The highest BCUT2D eigenvalue weighted by Crippen LogP contribution is 2.28. The summed E-state index contributed by atoms with van der Waals surface area (Å²) in [6.07, 6.45) is 10.7. The number of nitrogens with one attached hydrogen (secondary N) is 1. The molecule has 0 atom stereocenters. The Labute approximate surface area is 115 Å². The van der Waals surface area contributed by atoms with Gasteiger partial charge in [-0.2, -0.15) is 0 Å². The lowest BCUT2D eigenvalue weighted by Crippen LogP contribution is -2.44. The Balaban J connectivity index is 1.64. The van der Waals surface area contributed by atoms with Crippen molar-refractivity contribution < 1.29 is 4.79 Å². The van der Waals surface area contributed by atoms with Crippen LogP contribution in [0.1, 0.15) is 57.8 Å². The van der Waals surface area contributed by atoms with Crippen LogP contribution in [0.4, 0.5) is 0 Å². The largest absolute Gasteiger partial charge is 0.349 e. The summed E-state index contributed by atoms with van der Waals surface area (Å²) in [7, 11) is 0. The summed E-state index contributed by atoms with van der Waals surface area (Å²) in [4.78, 5) is 14.0. The van der Waals surface area contributed by atoms with E-state index in [0.717, 1.165) is 25.4 Å². The third-order valence-electron chi connectivity index (χ3n) is 4.14. The van der Waals surface area contributed by atoms with Crippen LogP contribution < -0.4 is 5.32 Å². The molecule has 1 saturated heterocycles. The second kappa shape index (κ2) is 7.07. The molecule has 0 aromatic rings. The Bertz CT molecular complexity index is 294. The molecule has 0 aromatic carbocycles. The van der Waals surface area contributed by atoms with E-state index >= 15 is 0 Å². The molecule has 0 unspecified atom stereocenters. The number of carbonyl (C=O) groups is 1. The van der Waals surface area contributed by atoms with Crippen molar-refractivity contribution in [1.82, 2.24) is 10.2 Å². The third-order valence-corrected chi connectivity index (χ3v) is 4.50. The van der Waals surface area contributed by atoms with Crippen molar-refractivity contribution in [2.24, 2.45) is 5.92 Å². The van der Waals surface area contributed by atoms with Crippen LogP contribution in [0.2, 0.25) is 0 Å². The van der Waals surface area contributed by atoms with Gasteiger partial charge >= 0.3 is 0 Å². The summed E-state index contributed by atoms with van der Waals surface area (Å²) in [5, 5.41) is 3.54. The summed E-state index contributed by atoms with van der Waals surface area (Å²) in [6.45, 7) is 2.00. The molecule has 0 radical (unpaired) electrons. The molecular formula is C14H24N2OS. The molecule has 2 rings (SSSR count). The zero-order chi connectivity index (χ0) is 12.8. The molecule has 18 heavy (non-hydrogen) atoms. The molecule has 1 amide bonds. The van der Waals surface area contributed by atoms with Gasteiger partial charge < -0.3 is 10.2 Å². The molecule has 0 bridgehead atoms.